The van der Waals surface area contributed by atoms with E-state index in [4.69, 9.17) is 5.26 Å². The molecule has 13 heavy (non-hydrogen) atoms. The molecule has 1 aromatic rings. The highest BCUT2D eigenvalue weighted by atomic mass is 79.9. The number of halogens is 1. The van der Waals surface area contributed by atoms with Crippen LogP contribution >= 0.6 is 15.9 Å². The Morgan fingerprint density at radius 1 is 1.54 bits per heavy atom. The van der Waals surface area contributed by atoms with Crippen LogP contribution in [-0.2, 0) is 0 Å². The van der Waals surface area contributed by atoms with Crippen molar-refractivity contribution in [3.8, 4) is 6.07 Å². The number of carbonyl (C=O) groups excluding carboxylic acids is 1. The third kappa shape index (κ3) is 1.12. The third-order valence-corrected chi connectivity index (χ3v) is 2.70. The Labute approximate surface area is 83.5 Å². The Kier molecular flexibility index (Phi) is 1.82. The zero-order chi connectivity index (χ0) is 9.42. The number of amides is 1. The standard InChI is InChI=1S/C9H5BrN2O/c10-8-6-3-1-2-5(4-11)7(6)9(13)12-8/h1-3,8H,(H,12,13). The van der Waals surface area contributed by atoms with E-state index in [2.05, 4.69) is 21.2 Å². The van der Waals surface area contributed by atoms with E-state index in [1.54, 1.807) is 12.1 Å². The molecule has 0 spiro atoms. The maximum atomic E-state index is 11.4. The van der Waals surface area contributed by atoms with E-state index in [1.807, 2.05) is 12.1 Å². The van der Waals surface area contributed by atoms with E-state index in [-0.39, 0.29) is 10.9 Å². The van der Waals surface area contributed by atoms with Crippen LogP contribution in [0.5, 0.6) is 0 Å². The lowest BCUT2D eigenvalue weighted by atomic mass is 10.0. The zero-order valence-corrected chi connectivity index (χ0v) is 8.13. The van der Waals surface area contributed by atoms with Crippen LogP contribution in [0.3, 0.4) is 0 Å². The van der Waals surface area contributed by atoms with Crippen LogP contribution in [-0.4, -0.2) is 5.91 Å². The average Bonchev–Trinajstić information content (AvgIpc) is 2.43. The van der Waals surface area contributed by atoms with Gasteiger partial charge in [-0.2, -0.15) is 5.26 Å². The SMILES string of the molecule is N#Cc1cccc2c1C(=O)NC2Br. The normalized spacial score (nSPS) is 19.1. The molecule has 1 atom stereocenters. The van der Waals surface area contributed by atoms with Crippen molar-refractivity contribution in [1.29, 1.82) is 5.26 Å². The summed E-state index contributed by atoms with van der Waals surface area (Å²) < 4.78 is 0. The predicted octanol–water partition coefficient (Wildman–Crippen LogP) is 1.70. The molecule has 0 aromatic heterocycles. The highest BCUT2D eigenvalue weighted by Crippen LogP contribution is 2.31. The lowest BCUT2D eigenvalue weighted by molar-refractivity contribution is 0.0965. The number of nitrogens with zero attached hydrogens (tertiary/aromatic N) is 1. The summed E-state index contributed by atoms with van der Waals surface area (Å²) in [6, 6.07) is 7.24. The molecule has 0 bridgehead atoms. The largest absolute Gasteiger partial charge is 0.335 e. The first-order chi connectivity index (χ1) is 6.24. The van der Waals surface area contributed by atoms with Gasteiger partial charge in [0.25, 0.3) is 5.91 Å². The maximum absolute atomic E-state index is 11.4. The third-order valence-electron chi connectivity index (χ3n) is 1.98. The number of alkyl halides is 1. The minimum Gasteiger partial charge on any atom is -0.335 e. The monoisotopic (exact) mass is 236 g/mol. The van der Waals surface area contributed by atoms with E-state index in [1.165, 1.54) is 0 Å². The van der Waals surface area contributed by atoms with Gasteiger partial charge >= 0.3 is 0 Å². The van der Waals surface area contributed by atoms with Crippen LogP contribution in [0.2, 0.25) is 0 Å². The molecule has 2 rings (SSSR count). The van der Waals surface area contributed by atoms with Crippen molar-refractivity contribution in [2.24, 2.45) is 0 Å². The van der Waals surface area contributed by atoms with Crippen molar-refractivity contribution in [3.05, 3.63) is 34.9 Å². The number of hydrogen-bond acceptors (Lipinski definition) is 2. The van der Waals surface area contributed by atoms with Crippen LogP contribution in [0.4, 0.5) is 0 Å². The molecule has 3 nitrogen and oxygen atoms in total. The summed E-state index contributed by atoms with van der Waals surface area (Å²) >= 11 is 3.30. The molecule has 1 aliphatic rings. The quantitative estimate of drug-likeness (QED) is 0.551. The van der Waals surface area contributed by atoms with Crippen molar-refractivity contribution in [2.75, 3.05) is 0 Å². The molecular formula is C9H5BrN2O. The lowest BCUT2D eigenvalue weighted by Crippen LogP contribution is -2.15. The summed E-state index contributed by atoms with van der Waals surface area (Å²) in [5.74, 6) is -0.186. The summed E-state index contributed by atoms with van der Waals surface area (Å²) in [4.78, 5) is 11.2. The number of nitrogens with one attached hydrogen (secondary N) is 1. The van der Waals surface area contributed by atoms with Crippen LogP contribution in [0, 0.1) is 11.3 Å². The fraction of sp³-hybridized carbons (Fsp3) is 0.111. The fourth-order valence-corrected chi connectivity index (χ4v) is 1.98. The van der Waals surface area contributed by atoms with E-state index in [0.717, 1.165) is 5.56 Å². The van der Waals surface area contributed by atoms with E-state index < -0.39 is 0 Å². The number of carbonyl (C=O) groups is 1. The minimum absolute atomic E-state index is 0.164. The number of fused-ring (bicyclic) bond motifs is 1. The minimum atomic E-state index is -0.186. The van der Waals surface area contributed by atoms with Gasteiger partial charge in [-0.05, 0) is 11.6 Å². The summed E-state index contributed by atoms with van der Waals surface area (Å²) in [7, 11) is 0. The highest BCUT2D eigenvalue weighted by molar-refractivity contribution is 9.09. The second kappa shape index (κ2) is 2.86. The van der Waals surface area contributed by atoms with Gasteiger partial charge in [-0.3, -0.25) is 4.79 Å². The molecule has 1 aliphatic heterocycles. The second-order valence-electron chi connectivity index (χ2n) is 2.72. The van der Waals surface area contributed by atoms with E-state index in [9.17, 15) is 4.79 Å². The Hall–Kier alpha value is -1.34. The first-order valence-electron chi connectivity index (χ1n) is 3.72. The van der Waals surface area contributed by atoms with Crippen molar-refractivity contribution in [1.82, 2.24) is 5.32 Å². The second-order valence-corrected chi connectivity index (χ2v) is 3.63. The molecule has 0 radical (unpaired) electrons. The Balaban J connectivity index is 2.71. The lowest BCUT2D eigenvalue weighted by Gasteiger charge is -2.00. The van der Waals surface area contributed by atoms with Crippen LogP contribution in [0.25, 0.3) is 0 Å². The van der Waals surface area contributed by atoms with Gasteiger partial charge in [0.15, 0.2) is 0 Å². The molecule has 0 saturated heterocycles. The van der Waals surface area contributed by atoms with Gasteiger partial charge in [-0.25, -0.2) is 0 Å². The van der Waals surface area contributed by atoms with Gasteiger partial charge in [0, 0.05) is 0 Å². The highest BCUT2D eigenvalue weighted by Gasteiger charge is 2.28. The van der Waals surface area contributed by atoms with Crippen molar-refractivity contribution in [2.45, 2.75) is 4.95 Å². The first-order valence-corrected chi connectivity index (χ1v) is 4.63. The molecule has 0 aliphatic carbocycles. The Morgan fingerprint density at radius 2 is 2.31 bits per heavy atom. The van der Waals surface area contributed by atoms with Gasteiger partial charge in [0.2, 0.25) is 0 Å². The van der Waals surface area contributed by atoms with E-state index in [0.29, 0.717) is 11.1 Å². The Morgan fingerprint density at radius 3 is 3.00 bits per heavy atom. The topological polar surface area (TPSA) is 52.9 Å². The van der Waals surface area contributed by atoms with Crippen LogP contribution < -0.4 is 5.32 Å². The predicted molar refractivity (Wildman–Crippen MR) is 50.3 cm³/mol. The summed E-state index contributed by atoms with van der Waals surface area (Å²) in [6.07, 6.45) is 0. The summed E-state index contributed by atoms with van der Waals surface area (Å²) in [6.45, 7) is 0. The fourth-order valence-electron chi connectivity index (χ4n) is 1.39. The molecule has 4 heteroatoms. The van der Waals surface area contributed by atoms with E-state index >= 15 is 0 Å². The molecule has 0 saturated carbocycles. The molecule has 1 amide bonds. The van der Waals surface area contributed by atoms with Crippen LogP contribution in [0.15, 0.2) is 18.2 Å². The summed E-state index contributed by atoms with van der Waals surface area (Å²) in [5, 5.41) is 11.4. The molecule has 1 unspecified atom stereocenters. The zero-order valence-electron chi connectivity index (χ0n) is 6.54. The summed E-state index contributed by atoms with van der Waals surface area (Å²) in [5.41, 5.74) is 1.76. The molecule has 1 N–H and O–H groups in total. The van der Waals surface area contributed by atoms with Gasteiger partial charge < -0.3 is 5.32 Å². The first kappa shape index (κ1) is 8.27. The number of hydrogen-bond donors (Lipinski definition) is 1. The maximum Gasteiger partial charge on any atom is 0.254 e. The van der Waals surface area contributed by atoms with Crippen molar-refractivity contribution in [3.63, 3.8) is 0 Å². The number of benzene rings is 1. The van der Waals surface area contributed by atoms with Gasteiger partial charge in [0.1, 0.15) is 4.95 Å². The Bertz CT molecular complexity index is 422. The van der Waals surface area contributed by atoms with Gasteiger partial charge in [-0.15, -0.1) is 0 Å². The molecule has 1 heterocycles. The number of nitriles is 1. The molecule has 0 fully saturated rings. The van der Waals surface area contributed by atoms with Gasteiger partial charge in [0.05, 0.1) is 17.2 Å². The smallest absolute Gasteiger partial charge is 0.254 e. The molecular weight excluding hydrogens is 232 g/mol. The van der Waals surface area contributed by atoms with Crippen molar-refractivity contribution >= 4 is 21.8 Å². The molecule has 64 valence electrons. The van der Waals surface area contributed by atoms with Gasteiger partial charge in [-0.1, -0.05) is 28.1 Å². The average molecular weight is 237 g/mol. The van der Waals surface area contributed by atoms with Crippen LogP contribution in [0.1, 0.15) is 26.4 Å². The van der Waals surface area contributed by atoms with Crippen molar-refractivity contribution < 1.29 is 4.79 Å². The molecule has 1 aromatic carbocycles. The number of rotatable bonds is 0.